The number of fused-ring (bicyclic) bond motifs is 1. The van der Waals surface area contributed by atoms with Gasteiger partial charge in [0.05, 0.1) is 0 Å². The molecule has 0 aromatic carbocycles. The number of rotatable bonds is 7. The first-order valence-corrected chi connectivity index (χ1v) is 8.09. The zero-order chi connectivity index (χ0) is 15.4. The Balaban J connectivity index is 2.50. The van der Waals surface area contributed by atoms with Crippen molar-refractivity contribution >= 4 is 22.8 Å². The molecule has 0 aliphatic carbocycles. The normalized spacial score (nSPS) is 13.5. The first kappa shape index (κ1) is 16.2. The summed E-state index contributed by atoms with van der Waals surface area (Å²) in [6.45, 7) is 5.50. The van der Waals surface area contributed by atoms with Crippen LogP contribution >= 0.6 is 11.6 Å². The molecule has 0 fully saturated rings. The Morgan fingerprint density at radius 2 is 2.10 bits per heavy atom. The first-order valence-electron chi connectivity index (χ1n) is 7.55. The fourth-order valence-electron chi connectivity index (χ4n) is 2.85. The van der Waals surface area contributed by atoms with Gasteiger partial charge in [-0.15, -0.1) is 11.6 Å². The van der Waals surface area contributed by atoms with Crippen molar-refractivity contribution in [3.63, 3.8) is 0 Å². The molecule has 0 saturated heterocycles. The summed E-state index contributed by atoms with van der Waals surface area (Å²) in [7, 11) is 4.22. The largest absolute Gasteiger partial charge is 0.308 e. The summed E-state index contributed by atoms with van der Waals surface area (Å²) in [5, 5.41) is 0. The van der Waals surface area contributed by atoms with Crippen molar-refractivity contribution in [1.82, 2.24) is 19.4 Å². The Labute approximate surface area is 132 Å². The number of aromatic nitrogens is 3. The van der Waals surface area contributed by atoms with E-state index >= 15 is 0 Å². The molecule has 21 heavy (non-hydrogen) atoms. The van der Waals surface area contributed by atoms with Gasteiger partial charge >= 0.3 is 0 Å². The molecule has 116 valence electrons. The van der Waals surface area contributed by atoms with E-state index in [0.29, 0.717) is 17.8 Å². The Bertz CT molecular complexity index is 567. The smallest absolute Gasteiger partial charge is 0.160 e. The average Bonchev–Trinajstić information content (AvgIpc) is 2.75. The molecule has 0 saturated carbocycles. The van der Waals surface area contributed by atoms with E-state index in [2.05, 4.69) is 42.4 Å². The Kier molecular flexibility index (Phi) is 5.59. The molecule has 1 atom stereocenters. The molecule has 0 amide bonds. The van der Waals surface area contributed by atoms with E-state index in [9.17, 15) is 0 Å². The fourth-order valence-corrected chi connectivity index (χ4v) is 3.02. The van der Waals surface area contributed by atoms with Gasteiger partial charge in [-0.1, -0.05) is 13.8 Å². The van der Waals surface area contributed by atoms with Crippen LogP contribution in [0.15, 0.2) is 18.3 Å². The Morgan fingerprint density at radius 1 is 1.33 bits per heavy atom. The van der Waals surface area contributed by atoms with Crippen LogP contribution in [0.3, 0.4) is 0 Å². The Hall–Kier alpha value is -1.13. The highest BCUT2D eigenvalue weighted by Gasteiger charge is 2.21. The van der Waals surface area contributed by atoms with Crippen molar-refractivity contribution in [1.29, 1.82) is 0 Å². The van der Waals surface area contributed by atoms with Crippen LogP contribution in [0, 0.1) is 5.92 Å². The van der Waals surface area contributed by atoms with Crippen LogP contribution < -0.4 is 0 Å². The molecule has 4 nitrogen and oxygen atoms in total. The molecule has 1 unspecified atom stereocenters. The van der Waals surface area contributed by atoms with Crippen LogP contribution in [-0.2, 0) is 6.42 Å². The van der Waals surface area contributed by atoms with Crippen molar-refractivity contribution in [3.05, 3.63) is 24.2 Å². The average molecular weight is 309 g/mol. The minimum Gasteiger partial charge on any atom is -0.308 e. The quantitative estimate of drug-likeness (QED) is 0.736. The van der Waals surface area contributed by atoms with E-state index in [-0.39, 0.29) is 0 Å². The van der Waals surface area contributed by atoms with Gasteiger partial charge in [0.2, 0.25) is 0 Å². The lowest BCUT2D eigenvalue weighted by Crippen LogP contribution is -2.27. The van der Waals surface area contributed by atoms with E-state index in [4.69, 9.17) is 16.6 Å². The molecule has 2 aromatic heterocycles. The highest BCUT2D eigenvalue weighted by atomic mass is 35.5. The van der Waals surface area contributed by atoms with Gasteiger partial charge in [0.25, 0.3) is 0 Å². The minimum absolute atomic E-state index is 0.373. The summed E-state index contributed by atoms with van der Waals surface area (Å²) >= 11 is 5.97. The number of hydrogen-bond acceptors (Lipinski definition) is 3. The first-order chi connectivity index (χ1) is 10.0. The topological polar surface area (TPSA) is 34.0 Å². The van der Waals surface area contributed by atoms with Gasteiger partial charge < -0.3 is 9.47 Å². The van der Waals surface area contributed by atoms with E-state index in [1.54, 1.807) is 0 Å². The SMILES string of the molecule is CC(C)CC(CN(C)C)n1c(CCCl)nc2cccnc21. The number of aryl methyl sites for hydroxylation is 1. The molecule has 0 N–H and O–H groups in total. The lowest BCUT2D eigenvalue weighted by Gasteiger charge is -2.26. The molecular weight excluding hydrogens is 284 g/mol. The highest BCUT2D eigenvalue weighted by Crippen LogP contribution is 2.25. The maximum absolute atomic E-state index is 5.97. The number of pyridine rings is 1. The number of nitrogens with zero attached hydrogens (tertiary/aromatic N) is 4. The summed E-state index contributed by atoms with van der Waals surface area (Å²) < 4.78 is 2.30. The summed E-state index contributed by atoms with van der Waals surface area (Å²) in [4.78, 5) is 11.5. The van der Waals surface area contributed by atoms with Gasteiger partial charge in [0.1, 0.15) is 11.3 Å². The maximum atomic E-state index is 5.97. The molecule has 0 aliphatic heterocycles. The number of hydrogen-bond donors (Lipinski definition) is 0. The summed E-state index contributed by atoms with van der Waals surface area (Å²) in [5.74, 6) is 2.26. The molecule has 2 rings (SSSR count). The van der Waals surface area contributed by atoms with Gasteiger partial charge in [0.15, 0.2) is 5.65 Å². The molecule has 0 spiro atoms. The van der Waals surface area contributed by atoms with Crippen LogP contribution in [0.1, 0.15) is 32.1 Å². The standard InChI is InChI=1S/C16H25ClN4/c1-12(2)10-13(11-20(3)4)21-15(7-8-17)19-14-6-5-9-18-16(14)21/h5-6,9,12-13H,7-8,10-11H2,1-4H3. The summed E-state index contributed by atoms with van der Waals surface area (Å²) in [5.41, 5.74) is 1.94. The molecular formula is C16H25ClN4. The second kappa shape index (κ2) is 7.23. The van der Waals surface area contributed by atoms with Crippen molar-refractivity contribution in [2.24, 2.45) is 5.92 Å². The van der Waals surface area contributed by atoms with Gasteiger partial charge in [-0.25, -0.2) is 9.97 Å². The van der Waals surface area contributed by atoms with Crippen molar-refractivity contribution in [2.45, 2.75) is 32.7 Å². The van der Waals surface area contributed by atoms with Gasteiger partial charge in [-0.3, -0.25) is 0 Å². The maximum Gasteiger partial charge on any atom is 0.160 e. The van der Waals surface area contributed by atoms with Gasteiger partial charge in [-0.05, 0) is 38.6 Å². The second-order valence-corrected chi connectivity index (χ2v) is 6.61. The van der Waals surface area contributed by atoms with E-state index in [1.165, 1.54) is 0 Å². The molecule has 2 heterocycles. The van der Waals surface area contributed by atoms with E-state index in [0.717, 1.165) is 36.4 Å². The second-order valence-electron chi connectivity index (χ2n) is 6.23. The highest BCUT2D eigenvalue weighted by molar-refractivity contribution is 6.17. The monoisotopic (exact) mass is 308 g/mol. The molecule has 2 aromatic rings. The van der Waals surface area contributed by atoms with Crippen molar-refractivity contribution in [2.75, 3.05) is 26.5 Å². The molecule has 0 aliphatic rings. The zero-order valence-electron chi connectivity index (χ0n) is 13.4. The number of likely N-dealkylation sites (N-methyl/N-ethyl adjacent to an activating group) is 1. The van der Waals surface area contributed by atoms with Crippen LogP contribution in [0.5, 0.6) is 0 Å². The van der Waals surface area contributed by atoms with Crippen LogP contribution in [0.2, 0.25) is 0 Å². The number of imidazole rings is 1. The summed E-state index contributed by atoms with van der Waals surface area (Å²) in [6, 6.07) is 4.34. The summed E-state index contributed by atoms with van der Waals surface area (Å²) in [6.07, 6.45) is 3.72. The number of halogens is 1. The third-order valence-corrected chi connectivity index (χ3v) is 3.71. The van der Waals surface area contributed by atoms with Crippen molar-refractivity contribution < 1.29 is 0 Å². The lowest BCUT2D eigenvalue weighted by atomic mass is 10.0. The van der Waals surface area contributed by atoms with Crippen LogP contribution in [-0.4, -0.2) is 46.0 Å². The molecule has 0 bridgehead atoms. The minimum atomic E-state index is 0.373. The zero-order valence-corrected chi connectivity index (χ0v) is 14.1. The molecule has 0 radical (unpaired) electrons. The fraction of sp³-hybridized carbons (Fsp3) is 0.625. The predicted octanol–water partition coefficient (Wildman–Crippen LogP) is 3.36. The number of alkyl halides is 1. The molecule has 5 heteroatoms. The van der Waals surface area contributed by atoms with Gasteiger partial charge in [-0.2, -0.15) is 0 Å². The third-order valence-electron chi connectivity index (χ3n) is 3.52. The van der Waals surface area contributed by atoms with E-state index in [1.807, 2.05) is 18.3 Å². The van der Waals surface area contributed by atoms with Crippen molar-refractivity contribution in [3.8, 4) is 0 Å². The predicted molar refractivity (Wildman–Crippen MR) is 89.0 cm³/mol. The lowest BCUT2D eigenvalue weighted by molar-refractivity contribution is 0.288. The Morgan fingerprint density at radius 3 is 2.71 bits per heavy atom. The third kappa shape index (κ3) is 3.95. The van der Waals surface area contributed by atoms with E-state index < -0.39 is 0 Å². The van der Waals surface area contributed by atoms with Gasteiger partial charge in [0, 0.05) is 31.1 Å². The van der Waals surface area contributed by atoms with Crippen LogP contribution in [0.25, 0.3) is 11.2 Å². The van der Waals surface area contributed by atoms with Crippen LogP contribution in [0.4, 0.5) is 0 Å².